The molecule has 0 heterocycles. The molecule has 0 fully saturated rings. The van der Waals surface area contributed by atoms with E-state index < -0.39 is 0 Å². The number of thioether (sulfide) groups is 1. The molecule has 0 aromatic carbocycles. The lowest BCUT2D eigenvalue weighted by Gasteiger charge is -1.99. The van der Waals surface area contributed by atoms with Crippen LogP contribution in [0, 0.1) is 0 Å². The summed E-state index contributed by atoms with van der Waals surface area (Å²) < 4.78 is 0. The highest BCUT2D eigenvalue weighted by Gasteiger charge is 1.89. The first-order valence-electron chi connectivity index (χ1n) is 3.40. The average molecular weight is 161 g/mol. The van der Waals surface area contributed by atoms with Gasteiger partial charge in [-0.2, -0.15) is 0 Å². The molecular formula is C6H15N3S. The van der Waals surface area contributed by atoms with E-state index >= 15 is 0 Å². The maximum atomic E-state index is 5.16. The second-order valence-electron chi connectivity index (χ2n) is 1.89. The van der Waals surface area contributed by atoms with Crippen LogP contribution in [0.3, 0.4) is 0 Å². The summed E-state index contributed by atoms with van der Waals surface area (Å²) in [5, 5.41) is 0.813. The average Bonchev–Trinajstić information content (AvgIpc) is 1.99. The van der Waals surface area contributed by atoms with Gasteiger partial charge < -0.3 is 5.43 Å². The topological polar surface area (TPSA) is 50.4 Å². The Morgan fingerprint density at radius 3 is 2.80 bits per heavy atom. The fourth-order valence-electron chi connectivity index (χ4n) is 0.508. The van der Waals surface area contributed by atoms with Crippen LogP contribution in [0.1, 0.15) is 19.8 Å². The van der Waals surface area contributed by atoms with Crippen molar-refractivity contribution in [3.63, 3.8) is 0 Å². The van der Waals surface area contributed by atoms with E-state index in [2.05, 4.69) is 17.3 Å². The summed E-state index contributed by atoms with van der Waals surface area (Å²) in [5.74, 6) is 5.16. The van der Waals surface area contributed by atoms with Gasteiger partial charge >= 0.3 is 0 Å². The molecule has 0 atom stereocenters. The molecule has 10 heavy (non-hydrogen) atoms. The number of unbranched alkanes of at least 4 members (excludes halogenated alkanes) is 1. The summed E-state index contributed by atoms with van der Waals surface area (Å²) in [4.78, 5) is 4.19. The molecule has 0 saturated heterocycles. The van der Waals surface area contributed by atoms with E-state index in [4.69, 9.17) is 5.84 Å². The second kappa shape index (κ2) is 6.89. The Hall–Kier alpha value is -0.220. The van der Waals surface area contributed by atoms with Crippen LogP contribution >= 0.6 is 11.8 Å². The lowest BCUT2D eigenvalue weighted by Crippen LogP contribution is -2.27. The zero-order valence-electron chi connectivity index (χ0n) is 6.55. The van der Waals surface area contributed by atoms with Gasteiger partial charge in [0.05, 0.1) is 0 Å². The normalized spacial score (nSPS) is 11.7. The van der Waals surface area contributed by atoms with E-state index in [1.54, 1.807) is 0 Å². The molecule has 0 unspecified atom stereocenters. The van der Waals surface area contributed by atoms with Crippen LogP contribution < -0.4 is 11.3 Å². The Morgan fingerprint density at radius 2 is 2.40 bits per heavy atom. The number of amidine groups is 1. The Balaban J connectivity index is 3.43. The van der Waals surface area contributed by atoms with Crippen LogP contribution in [-0.2, 0) is 0 Å². The summed E-state index contributed by atoms with van der Waals surface area (Å²) in [7, 11) is 0. The van der Waals surface area contributed by atoms with Crippen molar-refractivity contribution in [2.75, 3.05) is 12.8 Å². The van der Waals surface area contributed by atoms with Crippen LogP contribution in [0.4, 0.5) is 0 Å². The Bertz CT molecular complexity index is 97.2. The Labute approximate surface area is 66.4 Å². The second-order valence-corrected chi connectivity index (χ2v) is 2.68. The molecule has 0 amide bonds. The maximum Gasteiger partial charge on any atom is 0.170 e. The number of hydrogen-bond acceptors (Lipinski definition) is 3. The Kier molecular flexibility index (Phi) is 6.74. The van der Waals surface area contributed by atoms with Gasteiger partial charge in [0.1, 0.15) is 0 Å². The van der Waals surface area contributed by atoms with Crippen molar-refractivity contribution in [2.45, 2.75) is 19.8 Å². The smallest absolute Gasteiger partial charge is 0.170 e. The van der Waals surface area contributed by atoms with Crippen molar-refractivity contribution >= 4 is 16.9 Å². The molecule has 0 spiro atoms. The summed E-state index contributed by atoms with van der Waals surface area (Å²) >= 11 is 1.53. The van der Waals surface area contributed by atoms with E-state index in [1.807, 2.05) is 6.26 Å². The highest BCUT2D eigenvalue weighted by atomic mass is 32.2. The minimum Gasteiger partial charge on any atom is -0.303 e. The third kappa shape index (κ3) is 4.64. The van der Waals surface area contributed by atoms with Crippen molar-refractivity contribution in [3.8, 4) is 0 Å². The molecule has 0 aliphatic heterocycles. The van der Waals surface area contributed by atoms with Crippen molar-refractivity contribution in [2.24, 2.45) is 10.8 Å². The predicted molar refractivity (Wildman–Crippen MR) is 48.0 cm³/mol. The van der Waals surface area contributed by atoms with Crippen LogP contribution in [0.2, 0.25) is 0 Å². The van der Waals surface area contributed by atoms with E-state index in [0.29, 0.717) is 0 Å². The zero-order valence-corrected chi connectivity index (χ0v) is 7.37. The van der Waals surface area contributed by atoms with Gasteiger partial charge in [0.2, 0.25) is 0 Å². The third-order valence-corrected chi connectivity index (χ3v) is 1.72. The molecule has 3 N–H and O–H groups in total. The van der Waals surface area contributed by atoms with E-state index in [0.717, 1.165) is 18.1 Å². The van der Waals surface area contributed by atoms with E-state index in [-0.39, 0.29) is 0 Å². The Morgan fingerprint density at radius 1 is 1.70 bits per heavy atom. The first kappa shape index (κ1) is 9.78. The van der Waals surface area contributed by atoms with Crippen molar-refractivity contribution < 1.29 is 0 Å². The van der Waals surface area contributed by atoms with Crippen molar-refractivity contribution in [3.05, 3.63) is 0 Å². The van der Waals surface area contributed by atoms with Crippen LogP contribution in [0.25, 0.3) is 0 Å². The molecule has 3 nitrogen and oxygen atoms in total. The molecule has 0 aliphatic rings. The predicted octanol–water partition coefficient (Wildman–Crippen LogP) is 0.969. The van der Waals surface area contributed by atoms with Gasteiger partial charge in [-0.25, -0.2) is 5.84 Å². The van der Waals surface area contributed by atoms with Gasteiger partial charge in [0.25, 0.3) is 0 Å². The fourth-order valence-corrected chi connectivity index (χ4v) is 0.846. The summed E-state index contributed by atoms with van der Waals surface area (Å²) in [6.07, 6.45) is 4.26. The van der Waals surface area contributed by atoms with Crippen LogP contribution in [0.15, 0.2) is 4.99 Å². The number of hydrogen-bond donors (Lipinski definition) is 2. The van der Waals surface area contributed by atoms with Gasteiger partial charge in [0.15, 0.2) is 5.17 Å². The lowest BCUT2D eigenvalue weighted by molar-refractivity contribution is 0.804. The minimum absolute atomic E-state index is 0.813. The van der Waals surface area contributed by atoms with Crippen LogP contribution in [0.5, 0.6) is 0 Å². The molecule has 0 saturated carbocycles. The number of nitrogens with two attached hydrogens (primary N) is 1. The van der Waals surface area contributed by atoms with Crippen LogP contribution in [-0.4, -0.2) is 18.0 Å². The molecular weight excluding hydrogens is 146 g/mol. The summed E-state index contributed by atoms with van der Waals surface area (Å²) in [6.45, 7) is 3.01. The molecule has 0 bridgehead atoms. The van der Waals surface area contributed by atoms with Gasteiger partial charge in [0, 0.05) is 6.54 Å². The van der Waals surface area contributed by atoms with Gasteiger partial charge in [-0.1, -0.05) is 25.1 Å². The van der Waals surface area contributed by atoms with Crippen molar-refractivity contribution in [1.29, 1.82) is 0 Å². The van der Waals surface area contributed by atoms with E-state index in [9.17, 15) is 0 Å². The molecule has 60 valence electrons. The molecule has 0 aliphatic carbocycles. The highest BCUT2D eigenvalue weighted by Crippen LogP contribution is 1.95. The third-order valence-electron chi connectivity index (χ3n) is 1.08. The SMILES string of the molecule is CCCCN=C(NN)SC. The molecule has 0 aromatic heterocycles. The monoisotopic (exact) mass is 161 g/mol. The summed E-state index contributed by atoms with van der Waals surface area (Å²) in [5.41, 5.74) is 2.52. The molecule has 0 aromatic rings. The summed E-state index contributed by atoms with van der Waals surface area (Å²) in [6, 6.07) is 0. The minimum atomic E-state index is 0.813. The fraction of sp³-hybridized carbons (Fsp3) is 0.833. The zero-order chi connectivity index (χ0) is 7.82. The van der Waals surface area contributed by atoms with E-state index in [1.165, 1.54) is 18.2 Å². The first-order valence-corrected chi connectivity index (χ1v) is 4.62. The van der Waals surface area contributed by atoms with Gasteiger partial charge in [-0.05, 0) is 12.7 Å². The standard InChI is InChI=1S/C6H15N3S/c1-3-4-5-8-6(9-7)10-2/h3-5,7H2,1-2H3,(H,8,9). The molecule has 4 heteroatoms. The number of hydrazine groups is 1. The number of aliphatic imine (C=N–C) groups is 1. The molecule has 0 rings (SSSR count). The number of nitrogens with one attached hydrogen (secondary N) is 1. The largest absolute Gasteiger partial charge is 0.303 e. The number of rotatable bonds is 3. The maximum absolute atomic E-state index is 5.16. The molecule has 0 radical (unpaired) electrons. The van der Waals surface area contributed by atoms with Gasteiger partial charge in [-0.3, -0.25) is 4.99 Å². The first-order chi connectivity index (χ1) is 4.85. The number of nitrogens with zero attached hydrogens (tertiary/aromatic N) is 1. The van der Waals surface area contributed by atoms with Gasteiger partial charge in [-0.15, -0.1) is 0 Å². The quantitative estimate of drug-likeness (QED) is 0.213. The van der Waals surface area contributed by atoms with Crippen molar-refractivity contribution in [1.82, 2.24) is 5.43 Å². The highest BCUT2D eigenvalue weighted by molar-refractivity contribution is 8.13. The lowest BCUT2D eigenvalue weighted by atomic mass is 10.3.